The maximum Gasteiger partial charge on any atom is 0.273 e. The van der Waals surface area contributed by atoms with Crippen LogP contribution in [0.3, 0.4) is 0 Å². The molecule has 0 saturated carbocycles. The van der Waals surface area contributed by atoms with Gasteiger partial charge in [-0.05, 0) is 29.8 Å². The van der Waals surface area contributed by atoms with Crippen molar-refractivity contribution in [2.75, 3.05) is 0 Å². The summed E-state index contributed by atoms with van der Waals surface area (Å²) in [4.78, 5) is 11.9. The highest BCUT2D eigenvalue weighted by atomic mass is 79.9. The fourth-order valence-corrected chi connectivity index (χ4v) is 2.46. The number of furan rings is 1. The largest absolute Gasteiger partial charge is 0.455 e. The smallest absolute Gasteiger partial charge is 0.273 e. The lowest BCUT2D eigenvalue weighted by molar-refractivity contribution is -0.129. The first-order valence-electron chi connectivity index (χ1n) is 7.55. The van der Waals surface area contributed by atoms with Crippen LogP contribution < -0.4 is 5.43 Å². The van der Waals surface area contributed by atoms with Gasteiger partial charge in [0.05, 0.1) is 6.21 Å². The van der Waals surface area contributed by atoms with E-state index in [-0.39, 0.29) is 0 Å². The van der Waals surface area contributed by atoms with Crippen LogP contribution >= 0.6 is 15.9 Å². The van der Waals surface area contributed by atoms with Gasteiger partial charge in [0.1, 0.15) is 11.5 Å². The van der Waals surface area contributed by atoms with Crippen LogP contribution in [0.15, 0.2) is 80.7 Å². The van der Waals surface area contributed by atoms with Gasteiger partial charge in [-0.1, -0.05) is 58.4 Å². The third kappa shape index (κ3) is 4.43. The van der Waals surface area contributed by atoms with Crippen molar-refractivity contribution in [1.29, 1.82) is 0 Å². The fraction of sp³-hybridized carbons (Fsp3) is 0.0526. The van der Waals surface area contributed by atoms with Crippen molar-refractivity contribution in [2.24, 2.45) is 5.10 Å². The lowest BCUT2D eigenvalue weighted by Gasteiger charge is -2.08. The molecular weight excluding hydrogens is 384 g/mol. The molecule has 1 amide bonds. The zero-order chi connectivity index (χ0) is 17.6. The van der Waals surface area contributed by atoms with Gasteiger partial charge < -0.3 is 9.52 Å². The molecule has 2 aromatic carbocycles. The topological polar surface area (TPSA) is 74.8 Å². The summed E-state index contributed by atoms with van der Waals surface area (Å²) in [5.41, 5.74) is 3.74. The van der Waals surface area contributed by atoms with E-state index in [0.717, 1.165) is 10.0 Å². The van der Waals surface area contributed by atoms with Crippen LogP contribution in [0.4, 0.5) is 0 Å². The maximum atomic E-state index is 11.9. The summed E-state index contributed by atoms with van der Waals surface area (Å²) < 4.78 is 6.65. The molecule has 0 saturated heterocycles. The van der Waals surface area contributed by atoms with E-state index in [1.54, 1.807) is 30.3 Å². The minimum Gasteiger partial charge on any atom is -0.455 e. The van der Waals surface area contributed by atoms with Gasteiger partial charge in [0.15, 0.2) is 6.10 Å². The van der Waals surface area contributed by atoms with Crippen molar-refractivity contribution in [2.45, 2.75) is 6.10 Å². The van der Waals surface area contributed by atoms with E-state index in [9.17, 15) is 9.90 Å². The molecule has 0 fully saturated rings. The number of aliphatic hydroxyl groups excluding tert-OH is 1. The van der Waals surface area contributed by atoms with Crippen molar-refractivity contribution in [3.8, 4) is 11.3 Å². The Kier molecular flexibility index (Phi) is 5.42. The summed E-state index contributed by atoms with van der Waals surface area (Å²) in [6, 6.07) is 20.0. The number of halogens is 1. The summed E-state index contributed by atoms with van der Waals surface area (Å²) >= 11 is 3.39. The Morgan fingerprint density at radius 3 is 2.52 bits per heavy atom. The molecule has 5 nitrogen and oxygen atoms in total. The first-order chi connectivity index (χ1) is 12.1. The van der Waals surface area contributed by atoms with E-state index in [2.05, 4.69) is 26.5 Å². The number of carbonyl (C=O) groups is 1. The zero-order valence-corrected chi connectivity index (χ0v) is 14.7. The number of nitrogens with one attached hydrogen (secondary N) is 1. The number of nitrogens with zero attached hydrogens (tertiary/aromatic N) is 1. The Balaban J connectivity index is 1.61. The Labute approximate surface area is 153 Å². The molecule has 0 spiro atoms. The molecule has 6 heteroatoms. The molecule has 1 heterocycles. The third-order valence-electron chi connectivity index (χ3n) is 3.49. The average Bonchev–Trinajstić information content (AvgIpc) is 3.11. The number of hydrogen-bond donors (Lipinski definition) is 2. The van der Waals surface area contributed by atoms with Crippen molar-refractivity contribution >= 4 is 28.1 Å². The van der Waals surface area contributed by atoms with Crippen LogP contribution in [-0.4, -0.2) is 17.2 Å². The Hall–Kier alpha value is -2.70. The van der Waals surface area contributed by atoms with Gasteiger partial charge >= 0.3 is 0 Å². The van der Waals surface area contributed by atoms with E-state index in [1.165, 1.54) is 6.21 Å². The minimum atomic E-state index is -1.27. The van der Waals surface area contributed by atoms with E-state index in [1.807, 2.05) is 36.4 Å². The van der Waals surface area contributed by atoms with Crippen LogP contribution in [-0.2, 0) is 4.79 Å². The standard InChI is InChI=1S/C19H15BrN2O3/c20-15-8-6-13(7-9-15)17-11-10-16(25-17)12-21-22-19(24)18(23)14-4-2-1-3-5-14/h1-12,18,23H,(H,22,24). The fourth-order valence-electron chi connectivity index (χ4n) is 2.20. The number of aliphatic hydroxyl groups is 1. The number of rotatable bonds is 5. The van der Waals surface area contributed by atoms with Crippen LogP contribution in [0.1, 0.15) is 17.4 Å². The summed E-state index contributed by atoms with van der Waals surface area (Å²) in [6.45, 7) is 0. The molecule has 0 radical (unpaired) electrons. The molecular formula is C19H15BrN2O3. The van der Waals surface area contributed by atoms with Crippen LogP contribution in [0, 0.1) is 0 Å². The van der Waals surface area contributed by atoms with Gasteiger partial charge in [0, 0.05) is 10.0 Å². The summed E-state index contributed by atoms with van der Waals surface area (Å²) in [6.07, 6.45) is 0.117. The van der Waals surface area contributed by atoms with Crippen LogP contribution in [0.5, 0.6) is 0 Å². The molecule has 126 valence electrons. The zero-order valence-electron chi connectivity index (χ0n) is 13.1. The minimum absolute atomic E-state index is 0.493. The molecule has 0 aliphatic rings. The lowest BCUT2D eigenvalue weighted by Crippen LogP contribution is -2.25. The molecule has 0 aliphatic carbocycles. The second-order valence-electron chi connectivity index (χ2n) is 5.26. The van der Waals surface area contributed by atoms with Gasteiger partial charge in [-0.15, -0.1) is 0 Å². The van der Waals surface area contributed by atoms with Crippen molar-refractivity contribution < 1.29 is 14.3 Å². The highest BCUT2D eigenvalue weighted by molar-refractivity contribution is 9.10. The summed E-state index contributed by atoms with van der Waals surface area (Å²) in [5, 5.41) is 13.8. The number of hydrazone groups is 1. The van der Waals surface area contributed by atoms with Gasteiger partial charge in [-0.25, -0.2) is 5.43 Å². The normalized spacial score (nSPS) is 12.2. The van der Waals surface area contributed by atoms with Crippen LogP contribution in [0.25, 0.3) is 11.3 Å². The van der Waals surface area contributed by atoms with Crippen LogP contribution in [0.2, 0.25) is 0 Å². The molecule has 2 N–H and O–H groups in total. The molecule has 1 atom stereocenters. The predicted molar refractivity (Wildman–Crippen MR) is 99.0 cm³/mol. The molecule has 0 bridgehead atoms. The molecule has 3 aromatic rings. The summed E-state index contributed by atoms with van der Waals surface area (Å²) in [5.74, 6) is 0.583. The monoisotopic (exact) mass is 398 g/mol. The predicted octanol–water partition coefficient (Wildman–Crippen LogP) is 3.89. The number of hydrogen-bond acceptors (Lipinski definition) is 4. The highest BCUT2D eigenvalue weighted by Crippen LogP contribution is 2.23. The van der Waals surface area contributed by atoms with Crippen molar-refractivity contribution in [3.05, 3.63) is 82.5 Å². The molecule has 1 unspecified atom stereocenters. The lowest BCUT2D eigenvalue weighted by atomic mass is 10.1. The first kappa shape index (κ1) is 17.1. The van der Waals surface area contributed by atoms with Crippen molar-refractivity contribution in [3.63, 3.8) is 0 Å². The molecule has 0 aliphatic heterocycles. The van der Waals surface area contributed by atoms with E-state index in [4.69, 9.17) is 4.42 Å². The maximum absolute atomic E-state index is 11.9. The molecule has 1 aromatic heterocycles. The van der Waals surface area contributed by atoms with Gasteiger partial charge in [-0.2, -0.15) is 5.10 Å². The first-order valence-corrected chi connectivity index (χ1v) is 8.34. The second kappa shape index (κ2) is 7.92. The van der Waals surface area contributed by atoms with E-state index >= 15 is 0 Å². The Bertz CT molecular complexity index is 873. The second-order valence-corrected chi connectivity index (χ2v) is 6.17. The van der Waals surface area contributed by atoms with E-state index < -0.39 is 12.0 Å². The Morgan fingerprint density at radius 2 is 1.80 bits per heavy atom. The van der Waals surface area contributed by atoms with E-state index in [0.29, 0.717) is 17.1 Å². The quantitative estimate of drug-likeness (QED) is 0.505. The highest BCUT2D eigenvalue weighted by Gasteiger charge is 2.16. The average molecular weight is 399 g/mol. The van der Waals surface area contributed by atoms with Gasteiger partial charge in [0.2, 0.25) is 0 Å². The number of amides is 1. The van der Waals surface area contributed by atoms with Crippen molar-refractivity contribution in [1.82, 2.24) is 5.43 Å². The van der Waals surface area contributed by atoms with Gasteiger partial charge in [0.25, 0.3) is 5.91 Å². The molecule has 3 rings (SSSR count). The SMILES string of the molecule is O=C(NN=Cc1ccc(-c2ccc(Br)cc2)o1)C(O)c1ccccc1. The Morgan fingerprint density at radius 1 is 1.08 bits per heavy atom. The third-order valence-corrected chi connectivity index (χ3v) is 4.01. The summed E-state index contributed by atoms with van der Waals surface area (Å²) in [7, 11) is 0. The number of carbonyl (C=O) groups excluding carboxylic acids is 1. The van der Waals surface area contributed by atoms with Gasteiger partial charge in [-0.3, -0.25) is 4.79 Å². The molecule has 25 heavy (non-hydrogen) atoms. The number of benzene rings is 2.